The van der Waals surface area contributed by atoms with E-state index in [-0.39, 0.29) is 0 Å². The number of nitrogens with zero attached hydrogens (tertiary/aromatic N) is 2. The summed E-state index contributed by atoms with van der Waals surface area (Å²) in [5.74, 6) is 0.967. The molecule has 1 aromatic heterocycles. The van der Waals surface area contributed by atoms with E-state index >= 15 is 0 Å². The molecular formula is C12H21N3. The minimum absolute atomic E-state index is 0.921. The number of aromatic nitrogens is 2. The van der Waals surface area contributed by atoms with Crippen molar-refractivity contribution in [3.63, 3.8) is 0 Å². The van der Waals surface area contributed by atoms with Crippen molar-refractivity contribution < 1.29 is 0 Å². The number of rotatable bonds is 5. The molecule has 0 aliphatic heterocycles. The Morgan fingerprint density at radius 2 is 2.27 bits per heavy atom. The minimum Gasteiger partial charge on any atom is -0.333 e. The topological polar surface area (TPSA) is 29.9 Å². The van der Waals surface area contributed by atoms with Crippen LogP contribution in [0, 0.1) is 5.92 Å². The molecule has 1 N–H and O–H groups in total. The normalized spacial score (nSPS) is 17.4. The molecule has 0 aromatic carbocycles. The molecule has 0 bridgehead atoms. The van der Waals surface area contributed by atoms with Crippen LogP contribution in [-0.4, -0.2) is 16.6 Å². The Morgan fingerprint density at radius 3 is 3.00 bits per heavy atom. The highest BCUT2D eigenvalue weighted by Gasteiger charge is 2.14. The van der Waals surface area contributed by atoms with Gasteiger partial charge in [0.2, 0.25) is 0 Å². The molecule has 1 aromatic rings. The van der Waals surface area contributed by atoms with E-state index in [0.29, 0.717) is 0 Å². The quantitative estimate of drug-likeness (QED) is 0.802. The average Bonchev–Trinajstić information content (AvgIpc) is 2.85. The first-order valence-corrected chi connectivity index (χ1v) is 6.03. The molecule has 1 aliphatic rings. The zero-order valence-electron chi connectivity index (χ0n) is 9.58. The van der Waals surface area contributed by atoms with E-state index in [0.717, 1.165) is 19.0 Å². The van der Waals surface area contributed by atoms with Crippen LogP contribution >= 0.6 is 0 Å². The smallest absolute Gasteiger partial charge is 0.0948 e. The Morgan fingerprint density at radius 1 is 1.47 bits per heavy atom. The molecule has 0 saturated heterocycles. The number of imidazole rings is 1. The van der Waals surface area contributed by atoms with Crippen molar-refractivity contribution in [1.29, 1.82) is 0 Å². The van der Waals surface area contributed by atoms with E-state index in [1.54, 1.807) is 0 Å². The second kappa shape index (κ2) is 5.31. The summed E-state index contributed by atoms with van der Waals surface area (Å²) in [5.41, 5.74) is 1.30. The van der Waals surface area contributed by atoms with Gasteiger partial charge in [0.05, 0.1) is 12.0 Å². The fraction of sp³-hybridized carbons (Fsp3) is 0.750. The summed E-state index contributed by atoms with van der Waals surface area (Å²) in [6.45, 7) is 2.06. The molecule has 3 heteroatoms. The van der Waals surface area contributed by atoms with Gasteiger partial charge >= 0.3 is 0 Å². The largest absolute Gasteiger partial charge is 0.333 e. The highest BCUT2D eigenvalue weighted by Crippen LogP contribution is 2.27. The van der Waals surface area contributed by atoms with E-state index in [1.165, 1.54) is 37.8 Å². The highest BCUT2D eigenvalue weighted by molar-refractivity contribution is 4.97. The number of nitrogens with one attached hydrogen (secondary N) is 1. The van der Waals surface area contributed by atoms with Gasteiger partial charge in [0.25, 0.3) is 0 Å². The summed E-state index contributed by atoms with van der Waals surface area (Å²) in [5, 5.41) is 3.18. The van der Waals surface area contributed by atoms with Gasteiger partial charge in [0, 0.05) is 19.3 Å². The fourth-order valence-corrected chi connectivity index (χ4v) is 2.50. The molecule has 2 rings (SSSR count). The van der Waals surface area contributed by atoms with Crippen molar-refractivity contribution in [3.05, 3.63) is 18.2 Å². The van der Waals surface area contributed by atoms with Crippen molar-refractivity contribution in [2.24, 2.45) is 5.92 Å². The highest BCUT2D eigenvalue weighted by atomic mass is 15.1. The lowest BCUT2D eigenvalue weighted by atomic mass is 10.0. The van der Waals surface area contributed by atoms with Crippen LogP contribution in [0.5, 0.6) is 0 Å². The summed E-state index contributed by atoms with van der Waals surface area (Å²) in [6, 6.07) is 0. The first kappa shape index (κ1) is 10.7. The molecule has 0 radical (unpaired) electrons. The van der Waals surface area contributed by atoms with Crippen molar-refractivity contribution in [1.82, 2.24) is 14.9 Å². The third-order valence-corrected chi connectivity index (χ3v) is 3.41. The lowest BCUT2D eigenvalue weighted by molar-refractivity contribution is 0.451. The Kier molecular flexibility index (Phi) is 3.78. The number of aryl methyl sites for hydroxylation is 1. The molecule has 0 spiro atoms. The van der Waals surface area contributed by atoms with Gasteiger partial charge in [-0.3, -0.25) is 0 Å². The van der Waals surface area contributed by atoms with Crippen LogP contribution in [-0.2, 0) is 13.1 Å². The summed E-state index contributed by atoms with van der Waals surface area (Å²) in [7, 11) is 1.98. The number of hydrogen-bond donors (Lipinski definition) is 1. The molecule has 1 fully saturated rings. The number of hydrogen-bond acceptors (Lipinski definition) is 2. The van der Waals surface area contributed by atoms with Crippen molar-refractivity contribution >= 4 is 0 Å². The van der Waals surface area contributed by atoms with Crippen molar-refractivity contribution in [3.8, 4) is 0 Å². The van der Waals surface area contributed by atoms with Gasteiger partial charge in [-0.05, 0) is 19.4 Å². The monoisotopic (exact) mass is 207 g/mol. The Hall–Kier alpha value is -0.830. The molecule has 1 aliphatic carbocycles. The maximum absolute atomic E-state index is 4.21. The van der Waals surface area contributed by atoms with Crippen LogP contribution in [0.2, 0.25) is 0 Å². The predicted octanol–water partition coefficient (Wildman–Crippen LogP) is 2.18. The van der Waals surface area contributed by atoms with E-state index in [4.69, 9.17) is 0 Å². The van der Waals surface area contributed by atoms with Crippen molar-refractivity contribution in [2.45, 2.75) is 45.2 Å². The molecule has 15 heavy (non-hydrogen) atoms. The SMILES string of the molecule is CNCc1cncn1CCC1CCCC1. The first-order valence-electron chi connectivity index (χ1n) is 6.03. The van der Waals surface area contributed by atoms with Gasteiger partial charge in [-0.15, -0.1) is 0 Å². The molecule has 0 amide bonds. The van der Waals surface area contributed by atoms with Gasteiger partial charge in [-0.2, -0.15) is 0 Å². The molecule has 0 unspecified atom stereocenters. The van der Waals surface area contributed by atoms with Crippen LogP contribution in [0.15, 0.2) is 12.5 Å². The Balaban J connectivity index is 1.83. The fourth-order valence-electron chi connectivity index (χ4n) is 2.50. The standard InChI is InChI=1S/C12H21N3/c1-13-8-12-9-14-10-15(12)7-6-11-4-2-3-5-11/h9-11,13H,2-8H2,1H3. The Bertz CT molecular complexity index is 287. The molecule has 3 nitrogen and oxygen atoms in total. The molecule has 84 valence electrons. The molecular weight excluding hydrogens is 186 g/mol. The van der Waals surface area contributed by atoms with Crippen molar-refractivity contribution in [2.75, 3.05) is 7.05 Å². The van der Waals surface area contributed by atoms with E-state index < -0.39 is 0 Å². The summed E-state index contributed by atoms with van der Waals surface area (Å²) in [4.78, 5) is 4.21. The third-order valence-electron chi connectivity index (χ3n) is 3.41. The minimum atomic E-state index is 0.921. The second-order valence-corrected chi connectivity index (χ2v) is 4.55. The van der Waals surface area contributed by atoms with E-state index in [9.17, 15) is 0 Å². The Labute approximate surface area is 91.9 Å². The molecule has 1 heterocycles. The lowest BCUT2D eigenvalue weighted by Crippen LogP contribution is -2.12. The maximum atomic E-state index is 4.21. The summed E-state index contributed by atoms with van der Waals surface area (Å²) in [6.07, 6.45) is 11.0. The van der Waals surface area contributed by atoms with Crippen LogP contribution in [0.25, 0.3) is 0 Å². The second-order valence-electron chi connectivity index (χ2n) is 4.55. The van der Waals surface area contributed by atoms with Crippen LogP contribution < -0.4 is 5.32 Å². The first-order chi connectivity index (χ1) is 7.40. The molecule has 1 saturated carbocycles. The predicted molar refractivity (Wildman–Crippen MR) is 61.6 cm³/mol. The van der Waals surface area contributed by atoms with E-state index in [1.807, 2.05) is 19.6 Å². The van der Waals surface area contributed by atoms with E-state index in [2.05, 4.69) is 14.9 Å². The van der Waals surface area contributed by atoms with Gasteiger partial charge in [0.1, 0.15) is 0 Å². The van der Waals surface area contributed by atoms with Gasteiger partial charge in [-0.25, -0.2) is 4.98 Å². The van der Waals surface area contributed by atoms with Crippen LogP contribution in [0.3, 0.4) is 0 Å². The van der Waals surface area contributed by atoms with Gasteiger partial charge in [0.15, 0.2) is 0 Å². The zero-order chi connectivity index (χ0) is 10.5. The average molecular weight is 207 g/mol. The van der Waals surface area contributed by atoms with Crippen LogP contribution in [0.4, 0.5) is 0 Å². The van der Waals surface area contributed by atoms with Crippen LogP contribution in [0.1, 0.15) is 37.8 Å². The van der Waals surface area contributed by atoms with Gasteiger partial charge < -0.3 is 9.88 Å². The third kappa shape index (κ3) is 2.81. The summed E-state index contributed by atoms with van der Waals surface area (Å²) < 4.78 is 2.29. The summed E-state index contributed by atoms with van der Waals surface area (Å²) >= 11 is 0. The lowest BCUT2D eigenvalue weighted by Gasteiger charge is -2.11. The van der Waals surface area contributed by atoms with Gasteiger partial charge in [-0.1, -0.05) is 25.7 Å². The zero-order valence-corrected chi connectivity index (χ0v) is 9.58. The molecule has 0 atom stereocenters. The maximum Gasteiger partial charge on any atom is 0.0948 e.